The molecule has 0 aliphatic heterocycles. The highest BCUT2D eigenvalue weighted by molar-refractivity contribution is 6.30. The molecule has 29 heavy (non-hydrogen) atoms. The van der Waals surface area contributed by atoms with Gasteiger partial charge in [-0.15, -0.1) is 0 Å². The van der Waals surface area contributed by atoms with Crippen molar-refractivity contribution in [3.05, 3.63) is 76.4 Å². The summed E-state index contributed by atoms with van der Waals surface area (Å²) in [5.41, 5.74) is 1.25. The molecule has 0 unspecified atom stereocenters. The molecule has 0 fully saturated rings. The van der Waals surface area contributed by atoms with Gasteiger partial charge in [0.15, 0.2) is 0 Å². The van der Waals surface area contributed by atoms with Gasteiger partial charge < -0.3 is 20.5 Å². The van der Waals surface area contributed by atoms with Crippen LogP contribution in [0.3, 0.4) is 0 Å². The van der Waals surface area contributed by atoms with E-state index in [4.69, 9.17) is 11.6 Å². The molecule has 0 atom stereocenters. The van der Waals surface area contributed by atoms with Crippen LogP contribution >= 0.6 is 11.6 Å². The molecule has 2 aromatic rings. The zero-order valence-corrected chi connectivity index (χ0v) is 16.6. The van der Waals surface area contributed by atoms with Crippen LogP contribution in [0.2, 0.25) is 5.02 Å². The third-order valence-electron chi connectivity index (χ3n) is 4.05. The first-order chi connectivity index (χ1) is 14.0. The quantitative estimate of drug-likeness (QED) is 0.462. The summed E-state index contributed by atoms with van der Waals surface area (Å²) in [5, 5.41) is 16.4. The summed E-state index contributed by atoms with van der Waals surface area (Å²) in [7, 11) is 0. The fourth-order valence-electron chi connectivity index (χ4n) is 2.54. The van der Waals surface area contributed by atoms with Gasteiger partial charge >= 0.3 is 0 Å². The van der Waals surface area contributed by atoms with E-state index in [1.807, 2.05) is 0 Å². The van der Waals surface area contributed by atoms with Crippen LogP contribution in [-0.4, -0.2) is 24.3 Å². The first-order valence-corrected chi connectivity index (χ1v) is 9.65. The zero-order valence-electron chi connectivity index (χ0n) is 15.8. The van der Waals surface area contributed by atoms with Gasteiger partial charge in [-0.05, 0) is 55.2 Å². The average molecular weight is 414 g/mol. The van der Waals surface area contributed by atoms with Crippen LogP contribution in [0, 0.1) is 0 Å². The molecule has 2 amide bonds. The van der Waals surface area contributed by atoms with Crippen LogP contribution in [0.15, 0.2) is 60.3 Å². The number of hydrogen-bond donors (Lipinski definition) is 2. The van der Waals surface area contributed by atoms with Gasteiger partial charge in [0.1, 0.15) is 5.70 Å². The second kappa shape index (κ2) is 11.7. The van der Waals surface area contributed by atoms with Crippen LogP contribution in [0.1, 0.15) is 41.6 Å². The molecule has 0 aromatic heterocycles. The largest absolute Gasteiger partial charge is 0.550 e. The van der Waals surface area contributed by atoms with Gasteiger partial charge in [0.2, 0.25) is 0 Å². The van der Waals surface area contributed by atoms with Crippen molar-refractivity contribution in [2.24, 2.45) is 0 Å². The number of nitrogens with one attached hydrogen (secondary N) is 2. The molecule has 7 heteroatoms. The van der Waals surface area contributed by atoms with Crippen molar-refractivity contribution in [2.45, 2.75) is 25.7 Å². The SMILES string of the molecule is O=C([O-])CCCCCNC(=O)/C(=C/c1ccc(Cl)cc1)NC(=O)c1ccccc1. The standard InChI is InChI=1S/C22H23ClN2O4/c23-18-12-10-16(11-13-18)15-19(25-21(28)17-7-3-1-4-8-17)22(29)24-14-6-2-5-9-20(26)27/h1,3-4,7-8,10-13,15H,2,5-6,9,14H2,(H,24,29)(H,25,28)(H,26,27)/p-1/b19-15-. The molecule has 2 N–H and O–H groups in total. The fraction of sp³-hybridized carbons (Fsp3) is 0.227. The predicted molar refractivity (Wildman–Crippen MR) is 110 cm³/mol. The Hall–Kier alpha value is -3.12. The summed E-state index contributed by atoms with van der Waals surface area (Å²) < 4.78 is 0. The maximum Gasteiger partial charge on any atom is 0.267 e. The molecule has 0 spiro atoms. The Bertz CT molecular complexity index is 864. The predicted octanol–water partition coefficient (Wildman–Crippen LogP) is 2.54. The lowest BCUT2D eigenvalue weighted by Gasteiger charge is -2.11. The lowest BCUT2D eigenvalue weighted by molar-refractivity contribution is -0.305. The summed E-state index contributed by atoms with van der Waals surface area (Å²) in [6.45, 7) is 0.366. The number of aliphatic carboxylic acids is 1. The first-order valence-electron chi connectivity index (χ1n) is 9.27. The second-order valence-electron chi connectivity index (χ2n) is 6.37. The van der Waals surface area contributed by atoms with Crippen molar-refractivity contribution >= 4 is 35.5 Å². The number of halogens is 1. The third-order valence-corrected chi connectivity index (χ3v) is 4.31. The van der Waals surface area contributed by atoms with Crippen LogP contribution in [0.5, 0.6) is 0 Å². The van der Waals surface area contributed by atoms with E-state index < -0.39 is 17.8 Å². The molecule has 2 rings (SSSR count). The van der Waals surface area contributed by atoms with E-state index in [1.54, 1.807) is 60.7 Å². The maximum absolute atomic E-state index is 12.6. The molecule has 0 bridgehead atoms. The number of carbonyl (C=O) groups is 3. The molecule has 6 nitrogen and oxygen atoms in total. The normalized spacial score (nSPS) is 11.0. The van der Waals surface area contributed by atoms with E-state index >= 15 is 0 Å². The summed E-state index contributed by atoms with van der Waals surface area (Å²) in [6, 6.07) is 15.5. The number of amides is 2. The number of rotatable bonds is 10. The van der Waals surface area contributed by atoms with E-state index in [0.717, 1.165) is 0 Å². The second-order valence-corrected chi connectivity index (χ2v) is 6.80. The van der Waals surface area contributed by atoms with E-state index in [1.165, 1.54) is 0 Å². The van der Waals surface area contributed by atoms with Gasteiger partial charge in [-0.1, -0.05) is 48.4 Å². The molecule has 0 aliphatic rings. The van der Waals surface area contributed by atoms with Gasteiger partial charge in [0.05, 0.1) is 0 Å². The van der Waals surface area contributed by atoms with Gasteiger partial charge in [-0.2, -0.15) is 0 Å². The van der Waals surface area contributed by atoms with Gasteiger partial charge in [-0.25, -0.2) is 0 Å². The molecular weight excluding hydrogens is 392 g/mol. The van der Waals surface area contributed by atoms with Crippen LogP contribution < -0.4 is 15.7 Å². The Morgan fingerprint density at radius 3 is 2.28 bits per heavy atom. The number of carbonyl (C=O) groups excluding carboxylic acids is 3. The Labute approximate surface area is 174 Å². The lowest BCUT2D eigenvalue weighted by atomic mass is 10.1. The molecule has 0 saturated carbocycles. The Balaban J connectivity index is 2.03. The van der Waals surface area contributed by atoms with Gasteiger partial charge in [0.25, 0.3) is 11.8 Å². The molecular formula is C22H22ClN2O4-. The molecule has 152 valence electrons. The fourth-order valence-corrected chi connectivity index (χ4v) is 2.66. The van der Waals surface area contributed by atoms with Crippen LogP contribution in [0.4, 0.5) is 0 Å². The van der Waals surface area contributed by atoms with Crippen molar-refractivity contribution in [3.8, 4) is 0 Å². The minimum atomic E-state index is -1.08. The molecule has 0 aliphatic carbocycles. The van der Waals surface area contributed by atoms with Crippen LogP contribution in [-0.2, 0) is 9.59 Å². The minimum Gasteiger partial charge on any atom is -0.550 e. The number of carboxylic acids is 1. The molecule has 2 aromatic carbocycles. The van der Waals surface area contributed by atoms with Crippen molar-refractivity contribution in [3.63, 3.8) is 0 Å². The highest BCUT2D eigenvalue weighted by Gasteiger charge is 2.14. The highest BCUT2D eigenvalue weighted by Crippen LogP contribution is 2.12. The monoisotopic (exact) mass is 413 g/mol. The zero-order chi connectivity index (χ0) is 21.1. The maximum atomic E-state index is 12.6. The number of carboxylic acid groups (broad SMARTS) is 1. The van der Waals surface area contributed by atoms with Crippen molar-refractivity contribution < 1.29 is 19.5 Å². The number of unbranched alkanes of at least 4 members (excludes halogenated alkanes) is 2. The highest BCUT2D eigenvalue weighted by atomic mass is 35.5. The Morgan fingerprint density at radius 2 is 1.62 bits per heavy atom. The summed E-state index contributed by atoms with van der Waals surface area (Å²) in [5.74, 6) is -1.90. The van der Waals surface area contributed by atoms with Crippen molar-refractivity contribution in [1.82, 2.24) is 10.6 Å². The smallest absolute Gasteiger partial charge is 0.267 e. The van der Waals surface area contributed by atoms with Crippen molar-refractivity contribution in [1.29, 1.82) is 0 Å². The number of benzene rings is 2. The lowest BCUT2D eigenvalue weighted by Crippen LogP contribution is -2.35. The van der Waals surface area contributed by atoms with Crippen LogP contribution in [0.25, 0.3) is 6.08 Å². The first kappa shape index (κ1) is 22.2. The topological polar surface area (TPSA) is 98.3 Å². The molecule has 0 heterocycles. The van der Waals surface area contributed by atoms with Crippen molar-refractivity contribution in [2.75, 3.05) is 6.54 Å². The molecule has 0 saturated heterocycles. The van der Waals surface area contributed by atoms with Gasteiger partial charge in [-0.3, -0.25) is 9.59 Å². The summed E-state index contributed by atoms with van der Waals surface area (Å²) in [6.07, 6.45) is 3.35. The van der Waals surface area contributed by atoms with E-state index in [-0.39, 0.29) is 12.1 Å². The van der Waals surface area contributed by atoms with E-state index in [2.05, 4.69) is 10.6 Å². The third kappa shape index (κ3) is 8.19. The van der Waals surface area contributed by atoms with E-state index in [9.17, 15) is 19.5 Å². The average Bonchev–Trinajstić information content (AvgIpc) is 2.71. The van der Waals surface area contributed by atoms with Gasteiger partial charge in [0, 0.05) is 23.1 Å². The number of hydrogen-bond acceptors (Lipinski definition) is 4. The summed E-state index contributed by atoms with van der Waals surface area (Å²) >= 11 is 5.89. The Morgan fingerprint density at radius 1 is 0.931 bits per heavy atom. The van der Waals surface area contributed by atoms with E-state index in [0.29, 0.717) is 42.0 Å². The summed E-state index contributed by atoms with van der Waals surface area (Å²) in [4.78, 5) is 35.5. The molecule has 0 radical (unpaired) electrons. The minimum absolute atomic E-state index is 0.00278. The Kier molecular flexibility index (Phi) is 8.92.